The molecule has 2 aliphatic rings. The molecule has 0 saturated heterocycles. The molecule has 1 aliphatic heterocycles. The summed E-state index contributed by atoms with van der Waals surface area (Å²) in [5.74, 6) is 1.63. The fourth-order valence-electron chi connectivity index (χ4n) is 3.36. The van der Waals surface area contributed by atoms with E-state index >= 15 is 0 Å². The number of benzene rings is 1. The number of rotatable bonds is 5. The third-order valence-electron chi connectivity index (χ3n) is 4.67. The van der Waals surface area contributed by atoms with Gasteiger partial charge in [0.15, 0.2) is 17.3 Å². The second kappa shape index (κ2) is 7.02. The van der Waals surface area contributed by atoms with Crippen LogP contribution in [0.2, 0.25) is 0 Å². The summed E-state index contributed by atoms with van der Waals surface area (Å²) in [5, 5.41) is 2.87. The Bertz CT molecular complexity index is 605. The molecule has 1 saturated carbocycles. The van der Waals surface area contributed by atoms with E-state index in [0.717, 1.165) is 6.42 Å². The molecule has 1 N–H and O–H groups in total. The highest BCUT2D eigenvalue weighted by molar-refractivity contribution is 6.04. The maximum Gasteiger partial charge on any atom is 0.231 e. The lowest BCUT2D eigenvalue weighted by Gasteiger charge is -2.21. The fourth-order valence-corrected chi connectivity index (χ4v) is 3.36. The number of fused-ring (bicyclic) bond motifs is 1. The van der Waals surface area contributed by atoms with Crippen molar-refractivity contribution in [1.29, 1.82) is 0 Å². The molecule has 1 aliphatic carbocycles. The van der Waals surface area contributed by atoms with Crippen molar-refractivity contribution >= 4 is 17.4 Å². The van der Waals surface area contributed by atoms with Gasteiger partial charge in [0.25, 0.3) is 0 Å². The quantitative estimate of drug-likeness (QED) is 0.836. The van der Waals surface area contributed by atoms with E-state index in [-0.39, 0.29) is 18.5 Å². The molecule has 124 valence electrons. The highest BCUT2D eigenvalue weighted by Crippen LogP contribution is 2.37. The molecule has 0 radical (unpaired) electrons. The molecule has 0 bridgehead atoms. The summed E-state index contributed by atoms with van der Waals surface area (Å²) in [7, 11) is 0. The zero-order chi connectivity index (χ0) is 16.2. The summed E-state index contributed by atoms with van der Waals surface area (Å²) >= 11 is 0. The Kier molecular flexibility index (Phi) is 4.84. The number of carbonyl (C=O) groups excluding carboxylic acids is 2. The van der Waals surface area contributed by atoms with Crippen molar-refractivity contribution in [1.82, 2.24) is 0 Å². The third-order valence-corrected chi connectivity index (χ3v) is 4.67. The van der Waals surface area contributed by atoms with Crippen molar-refractivity contribution in [3.05, 3.63) is 17.7 Å². The fraction of sp³-hybridized carbons (Fsp3) is 0.556. The molecule has 5 heteroatoms. The monoisotopic (exact) mass is 317 g/mol. The van der Waals surface area contributed by atoms with E-state index in [1.807, 2.05) is 0 Å². The number of anilines is 1. The Labute approximate surface area is 136 Å². The molecule has 1 aromatic rings. The summed E-state index contributed by atoms with van der Waals surface area (Å²) in [6.07, 6.45) is 7.77. The van der Waals surface area contributed by atoms with Crippen LogP contribution < -0.4 is 14.8 Å². The van der Waals surface area contributed by atoms with Crippen molar-refractivity contribution in [2.45, 2.75) is 51.9 Å². The minimum absolute atomic E-state index is 0.0445. The van der Waals surface area contributed by atoms with Crippen LogP contribution in [0.4, 0.5) is 5.69 Å². The van der Waals surface area contributed by atoms with Gasteiger partial charge in [-0.3, -0.25) is 9.59 Å². The summed E-state index contributed by atoms with van der Waals surface area (Å²) in [6.45, 7) is 1.63. The van der Waals surface area contributed by atoms with Gasteiger partial charge in [0.2, 0.25) is 12.7 Å². The van der Waals surface area contributed by atoms with Crippen LogP contribution in [0.1, 0.15) is 62.2 Å². The van der Waals surface area contributed by atoms with Crippen LogP contribution in [0.25, 0.3) is 0 Å². The second-order valence-corrected chi connectivity index (χ2v) is 6.40. The van der Waals surface area contributed by atoms with Crippen LogP contribution in [0, 0.1) is 5.92 Å². The first-order chi connectivity index (χ1) is 11.1. The number of Topliss-reactive ketones (excluding diaryl/α,β-unsaturated/α-hetero) is 1. The Balaban J connectivity index is 1.64. The number of hydrogen-bond donors (Lipinski definition) is 1. The van der Waals surface area contributed by atoms with E-state index in [1.165, 1.54) is 39.0 Å². The van der Waals surface area contributed by atoms with Gasteiger partial charge in [-0.05, 0) is 25.3 Å². The van der Waals surface area contributed by atoms with Gasteiger partial charge in [0.05, 0.1) is 5.69 Å². The lowest BCUT2D eigenvalue weighted by Crippen LogP contribution is -2.16. The first-order valence-electron chi connectivity index (χ1n) is 8.38. The second-order valence-electron chi connectivity index (χ2n) is 6.40. The highest BCUT2D eigenvalue weighted by atomic mass is 16.7. The van der Waals surface area contributed by atoms with Crippen molar-refractivity contribution in [3.63, 3.8) is 0 Å². The smallest absolute Gasteiger partial charge is 0.231 e. The first kappa shape index (κ1) is 15.8. The molecule has 0 atom stereocenters. The van der Waals surface area contributed by atoms with E-state index in [1.54, 1.807) is 12.1 Å². The standard InChI is InChI=1S/C18H23NO4/c1-12(20)14-9-16-17(23-11-22-16)10-15(14)19-18(21)8-7-13-5-3-2-4-6-13/h9-10,13H,2-8,11H2,1H3,(H,19,21). The molecular weight excluding hydrogens is 294 g/mol. The lowest BCUT2D eigenvalue weighted by atomic mass is 9.86. The van der Waals surface area contributed by atoms with Crippen LogP contribution in [-0.2, 0) is 4.79 Å². The molecule has 3 rings (SSSR count). The van der Waals surface area contributed by atoms with Gasteiger partial charge in [-0.2, -0.15) is 0 Å². The normalized spacial score (nSPS) is 17.1. The number of hydrogen-bond acceptors (Lipinski definition) is 4. The number of nitrogens with one attached hydrogen (secondary N) is 1. The van der Waals surface area contributed by atoms with Crippen LogP contribution in [0.15, 0.2) is 12.1 Å². The van der Waals surface area contributed by atoms with Gasteiger partial charge >= 0.3 is 0 Å². The van der Waals surface area contributed by atoms with Crippen molar-refractivity contribution in [2.24, 2.45) is 5.92 Å². The molecule has 1 heterocycles. The van der Waals surface area contributed by atoms with Crippen LogP contribution in [-0.4, -0.2) is 18.5 Å². The van der Waals surface area contributed by atoms with E-state index in [2.05, 4.69) is 5.32 Å². The van der Waals surface area contributed by atoms with Crippen molar-refractivity contribution < 1.29 is 19.1 Å². The minimum Gasteiger partial charge on any atom is -0.454 e. The summed E-state index contributed by atoms with van der Waals surface area (Å²) in [4.78, 5) is 24.0. The molecule has 0 unspecified atom stereocenters. The molecule has 5 nitrogen and oxygen atoms in total. The predicted molar refractivity (Wildman–Crippen MR) is 87.0 cm³/mol. The van der Waals surface area contributed by atoms with Gasteiger partial charge in [0.1, 0.15) is 0 Å². The van der Waals surface area contributed by atoms with E-state index in [9.17, 15) is 9.59 Å². The largest absolute Gasteiger partial charge is 0.454 e. The average Bonchev–Trinajstić information content (AvgIpc) is 3.00. The summed E-state index contributed by atoms with van der Waals surface area (Å²) < 4.78 is 10.6. The summed E-state index contributed by atoms with van der Waals surface area (Å²) in [6, 6.07) is 3.32. The van der Waals surface area contributed by atoms with Crippen LogP contribution in [0.5, 0.6) is 11.5 Å². The molecule has 1 fully saturated rings. The number of ketones is 1. The number of amides is 1. The van der Waals surface area contributed by atoms with Gasteiger partial charge < -0.3 is 14.8 Å². The van der Waals surface area contributed by atoms with E-state index < -0.39 is 0 Å². The third kappa shape index (κ3) is 3.84. The zero-order valence-electron chi connectivity index (χ0n) is 13.5. The van der Waals surface area contributed by atoms with Crippen LogP contribution >= 0.6 is 0 Å². The lowest BCUT2D eigenvalue weighted by molar-refractivity contribution is -0.116. The topological polar surface area (TPSA) is 64.6 Å². The Hall–Kier alpha value is -2.04. The molecule has 1 aromatic carbocycles. The van der Waals surface area contributed by atoms with Gasteiger partial charge in [-0.15, -0.1) is 0 Å². The molecule has 1 amide bonds. The Morgan fingerprint density at radius 2 is 1.83 bits per heavy atom. The van der Waals surface area contributed by atoms with Crippen LogP contribution in [0.3, 0.4) is 0 Å². The maximum atomic E-state index is 12.2. The molecule has 0 spiro atoms. The van der Waals surface area contributed by atoms with Gasteiger partial charge in [-0.1, -0.05) is 32.1 Å². The van der Waals surface area contributed by atoms with Crippen molar-refractivity contribution in [3.8, 4) is 11.5 Å². The van der Waals surface area contributed by atoms with Crippen molar-refractivity contribution in [2.75, 3.05) is 12.1 Å². The molecular formula is C18H23NO4. The Morgan fingerprint density at radius 1 is 1.13 bits per heavy atom. The predicted octanol–water partition coefficient (Wildman–Crippen LogP) is 3.92. The van der Waals surface area contributed by atoms with E-state index in [0.29, 0.717) is 35.1 Å². The zero-order valence-corrected chi connectivity index (χ0v) is 13.5. The summed E-state index contributed by atoms with van der Waals surface area (Å²) in [5.41, 5.74) is 0.968. The highest BCUT2D eigenvalue weighted by Gasteiger charge is 2.21. The maximum absolute atomic E-state index is 12.2. The number of ether oxygens (including phenoxy) is 2. The van der Waals surface area contributed by atoms with Gasteiger partial charge in [-0.25, -0.2) is 0 Å². The van der Waals surface area contributed by atoms with E-state index in [4.69, 9.17) is 9.47 Å². The Morgan fingerprint density at radius 3 is 2.52 bits per heavy atom. The molecule has 23 heavy (non-hydrogen) atoms. The average molecular weight is 317 g/mol. The van der Waals surface area contributed by atoms with Gasteiger partial charge in [0, 0.05) is 18.1 Å². The first-order valence-corrected chi connectivity index (χ1v) is 8.38. The molecule has 0 aromatic heterocycles. The SMILES string of the molecule is CC(=O)c1cc2c(cc1NC(=O)CCC1CCCCC1)OCO2. The number of carbonyl (C=O) groups is 2. The minimum atomic E-state index is -0.106.